The third-order valence-electron chi connectivity index (χ3n) is 7.75. The van der Waals surface area contributed by atoms with E-state index >= 15 is 4.39 Å². The molecule has 1 aliphatic rings. The highest BCUT2D eigenvalue weighted by atomic mass is 19.1. The predicted octanol–water partition coefficient (Wildman–Crippen LogP) is 5.94. The summed E-state index contributed by atoms with van der Waals surface area (Å²) >= 11 is 0. The number of ether oxygens (including phenoxy) is 1. The molecule has 39 heavy (non-hydrogen) atoms. The molecule has 0 saturated heterocycles. The van der Waals surface area contributed by atoms with E-state index < -0.39 is 29.3 Å². The lowest BCUT2D eigenvalue weighted by Crippen LogP contribution is -2.45. The molecule has 1 saturated carbocycles. The van der Waals surface area contributed by atoms with Crippen LogP contribution >= 0.6 is 0 Å². The summed E-state index contributed by atoms with van der Waals surface area (Å²) in [6, 6.07) is 11.9. The van der Waals surface area contributed by atoms with Gasteiger partial charge in [0.2, 0.25) is 0 Å². The van der Waals surface area contributed by atoms with Crippen molar-refractivity contribution in [1.82, 2.24) is 4.57 Å². The van der Waals surface area contributed by atoms with Gasteiger partial charge in [-0.3, -0.25) is 0 Å². The van der Waals surface area contributed by atoms with Crippen molar-refractivity contribution < 1.29 is 28.5 Å². The highest BCUT2D eigenvalue weighted by Gasteiger charge is 2.46. The molecule has 7 nitrogen and oxygen atoms in total. The number of rotatable bonds is 6. The summed E-state index contributed by atoms with van der Waals surface area (Å²) in [6.45, 7) is 1.65. The molecule has 2 atom stereocenters. The average Bonchev–Trinajstić information content (AvgIpc) is 3.27. The number of nitrogens with two attached hydrogens (primary N) is 1. The van der Waals surface area contributed by atoms with Gasteiger partial charge in [-0.15, -0.1) is 0 Å². The van der Waals surface area contributed by atoms with Crippen LogP contribution in [-0.4, -0.2) is 40.2 Å². The first-order chi connectivity index (χ1) is 18.6. The summed E-state index contributed by atoms with van der Waals surface area (Å²) in [4.78, 5) is 11.7. The monoisotopic (exact) mass is 533 g/mol. The first-order valence-corrected chi connectivity index (χ1v) is 12.6. The lowest BCUT2D eigenvalue weighted by Gasteiger charge is -2.40. The number of carbonyl (C=O) groups is 1. The molecule has 1 heterocycles. The van der Waals surface area contributed by atoms with Gasteiger partial charge >= 0.3 is 5.97 Å². The number of nitrogens with zero attached hydrogens (tertiary/aromatic N) is 1. The molecule has 1 aliphatic carbocycles. The summed E-state index contributed by atoms with van der Waals surface area (Å²) in [7, 11) is 1.52. The first-order valence-electron chi connectivity index (χ1n) is 12.6. The van der Waals surface area contributed by atoms with Crippen molar-refractivity contribution in [2.75, 3.05) is 12.8 Å². The van der Waals surface area contributed by atoms with Gasteiger partial charge in [-0.25, -0.2) is 13.6 Å². The number of benzene rings is 3. The fraction of sp³-hybridized carbons (Fsp3) is 0.267. The summed E-state index contributed by atoms with van der Waals surface area (Å²) in [5.74, 6) is -2.32. The van der Waals surface area contributed by atoms with E-state index in [9.17, 15) is 19.4 Å². The van der Waals surface area contributed by atoms with E-state index in [0.717, 1.165) is 12.6 Å². The zero-order valence-electron chi connectivity index (χ0n) is 21.6. The second kappa shape index (κ2) is 9.91. The van der Waals surface area contributed by atoms with Crippen molar-refractivity contribution in [2.45, 2.75) is 44.3 Å². The molecule has 0 bridgehead atoms. The third kappa shape index (κ3) is 4.18. The van der Waals surface area contributed by atoms with E-state index in [2.05, 4.69) is 0 Å². The maximum Gasteiger partial charge on any atom is 0.335 e. The number of aryl methyl sites for hydroxylation is 1. The van der Waals surface area contributed by atoms with Crippen molar-refractivity contribution in [2.24, 2.45) is 0 Å². The molecule has 1 aromatic heterocycles. The van der Waals surface area contributed by atoms with Gasteiger partial charge < -0.3 is 30.7 Å². The van der Waals surface area contributed by atoms with Crippen molar-refractivity contribution >= 4 is 28.8 Å². The number of halogens is 2. The number of methoxy groups -OCH3 is 1. The van der Waals surface area contributed by atoms with Crippen LogP contribution in [0.1, 0.15) is 52.9 Å². The van der Waals surface area contributed by atoms with Gasteiger partial charge in [0.05, 0.1) is 28.6 Å². The molecule has 0 aliphatic heterocycles. The fourth-order valence-electron chi connectivity index (χ4n) is 5.87. The molecule has 202 valence electrons. The van der Waals surface area contributed by atoms with Crippen molar-refractivity contribution in [1.29, 1.82) is 5.41 Å². The molecule has 5 N–H and O–H groups in total. The number of aromatic nitrogens is 1. The number of aromatic carboxylic acids is 1. The summed E-state index contributed by atoms with van der Waals surface area (Å²) in [6.07, 6.45) is 2.72. The minimum absolute atomic E-state index is 0.0970. The summed E-state index contributed by atoms with van der Waals surface area (Å²) < 4.78 is 37.7. The van der Waals surface area contributed by atoms with Gasteiger partial charge in [0, 0.05) is 35.5 Å². The SMILES string of the molecule is CO[C@H]1CCCCC1(O)c1c(-c2ccc(C(=O)O)c(C)c2)c2c(F)c(N)c(C=N)cc2n1-c1ccc(F)cc1. The van der Waals surface area contributed by atoms with Crippen molar-refractivity contribution in [3.05, 3.63) is 82.5 Å². The van der Waals surface area contributed by atoms with Crippen LogP contribution in [0.5, 0.6) is 0 Å². The van der Waals surface area contributed by atoms with E-state index in [-0.39, 0.29) is 22.2 Å². The van der Waals surface area contributed by atoms with Crippen molar-refractivity contribution in [3.63, 3.8) is 0 Å². The number of fused-ring (bicyclic) bond motifs is 1. The Hall–Kier alpha value is -4.08. The molecule has 4 aromatic rings. The Morgan fingerprint density at radius 1 is 1.18 bits per heavy atom. The molecule has 5 rings (SSSR count). The van der Waals surface area contributed by atoms with E-state index in [1.165, 1.54) is 37.4 Å². The molecule has 9 heteroatoms. The average molecular weight is 534 g/mol. The maximum atomic E-state index is 16.2. The Morgan fingerprint density at radius 2 is 1.90 bits per heavy atom. The Morgan fingerprint density at radius 3 is 2.51 bits per heavy atom. The zero-order valence-corrected chi connectivity index (χ0v) is 21.6. The molecule has 3 aromatic carbocycles. The number of carboxylic acids is 1. The number of hydrogen-bond donors (Lipinski definition) is 4. The van der Waals surface area contributed by atoms with Gasteiger partial charge in [-0.1, -0.05) is 18.6 Å². The number of hydrogen-bond acceptors (Lipinski definition) is 5. The molecule has 0 radical (unpaired) electrons. The van der Waals surface area contributed by atoms with E-state index in [4.69, 9.17) is 15.9 Å². The molecule has 1 unspecified atom stereocenters. The van der Waals surface area contributed by atoms with Gasteiger partial charge in [0.1, 0.15) is 11.4 Å². The molecular weight excluding hydrogens is 504 g/mol. The quantitative estimate of drug-likeness (QED) is 0.181. The number of nitrogens with one attached hydrogen (secondary N) is 1. The van der Waals surface area contributed by atoms with Gasteiger partial charge in [-0.05, 0) is 73.7 Å². The Balaban J connectivity index is 2.01. The normalized spacial score (nSPS) is 19.4. The standard InChI is InChI=1S/C30H29F2N3O4/c1-16-13-17(6-11-21(16)29(36)37)24-25-22(14-18(15-33)27(34)26(25)32)35(20-9-7-19(31)8-10-20)28(24)30(38)12-4-3-5-23(30)39-2/h6-11,13-15,23,33,38H,3-5,12,34H2,1-2H3,(H,36,37)/t23-,30?/m0/s1. The number of anilines is 1. The smallest absolute Gasteiger partial charge is 0.335 e. The van der Waals surface area contributed by atoms with Crippen LogP contribution in [0.15, 0.2) is 48.5 Å². The highest BCUT2D eigenvalue weighted by molar-refractivity contribution is 6.05. The van der Waals surface area contributed by atoms with Gasteiger partial charge in [0.15, 0.2) is 5.82 Å². The first kappa shape index (κ1) is 26.5. The number of nitrogen functional groups attached to an aromatic ring is 1. The second-order valence-corrected chi connectivity index (χ2v) is 10.00. The van der Waals surface area contributed by atoms with Crippen LogP contribution < -0.4 is 5.73 Å². The highest BCUT2D eigenvalue weighted by Crippen LogP contribution is 2.49. The number of aliphatic hydroxyl groups is 1. The molecular formula is C30H29F2N3O4. The lowest BCUT2D eigenvalue weighted by atomic mass is 9.77. The van der Waals surface area contributed by atoms with E-state index in [1.807, 2.05) is 0 Å². The Kier molecular flexibility index (Phi) is 6.74. The van der Waals surface area contributed by atoms with Crippen LogP contribution in [0.3, 0.4) is 0 Å². The Labute approximate surface area is 224 Å². The third-order valence-corrected chi connectivity index (χ3v) is 7.75. The van der Waals surface area contributed by atoms with Crippen LogP contribution in [0.2, 0.25) is 0 Å². The maximum absolute atomic E-state index is 16.2. The van der Waals surface area contributed by atoms with E-state index in [0.29, 0.717) is 52.9 Å². The minimum Gasteiger partial charge on any atom is -0.478 e. The zero-order chi connectivity index (χ0) is 28.1. The fourth-order valence-corrected chi connectivity index (χ4v) is 5.87. The number of carboxylic acid groups (broad SMARTS) is 1. The van der Waals surface area contributed by atoms with Crippen LogP contribution in [0.4, 0.5) is 14.5 Å². The van der Waals surface area contributed by atoms with Gasteiger partial charge in [0.25, 0.3) is 0 Å². The van der Waals surface area contributed by atoms with Crippen LogP contribution in [0.25, 0.3) is 27.7 Å². The largest absolute Gasteiger partial charge is 0.478 e. The van der Waals surface area contributed by atoms with Crippen molar-refractivity contribution in [3.8, 4) is 16.8 Å². The predicted molar refractivity (Wildman–Crippen MR) is 146 cm³/mol. The topological polar surface area (TPSA) is 122 Å². The molecule has 0 spiro atoms. The molecule has 1 fully saturated rings. The summed E-state index contributed by atoms with van der Waals surface area (Å²) in [5.41, 5.74) is 6.97. The van der Waals surface area contributed by atoms with E-state index in [1.54, 1.807) is 29.7 Å². The van der Waals surface area contributed by atoms with Crippen LogP contribution in [-0.2, 0) is 10.3 Å². The lowest BCUT2D eigenvalue weighted by molar-refractivity contribution is -0.125. The minimum atomic E-state index is -1.58. The van der Waals surface area contributed by atoms with Crippen LogP contribution in [0, 0.1) is 24.0 Å². The summed E-state index contributed by atoms with van der Waals surface area (Å²) in [5, 5.41) is 29.9. The second-order valence-electron chi connectivity index (χ2n) is 10.00. The Bertz CT molecular complexity index is 1610. The van der Waals surface area contributed by atoms with Gasteiger partial charge in [-0.2, -0.15) is 0 Å². The molecule has 0 amide bonds.